The summed E-state index contributed by atoms with van der Waals surface area (Å²) in [6.07, 6.45) is 2.77. The quantitative estimate of drug-likeness (QED) is 0.226. The van der Waals surface area contributed by atoms with Gasteiger partial charge in [-0.3, -0.25) is 19.2 Å². The Morgan fingerprint density at radius 2 is 1.76 bits per heavy atom. The van der Waals surface area contributed by atoms with Crippen molar-refractivity contribution < 1.29 is 33.5 Å². The molecule has 2 fully saturated rings. The molecule has 1 aromatic carbocycles. The summed E-state index contributed by atoms with van der Waals surface area (Å²) < 4.78 is 5.33. The third-order valence-electron chi connectivity index (χ3n) is 9.40. The Hall–Kier alpha value is -3.71. The first-order valence-corrected chi connectivity index (χ1v) is 17.8. The number of methoxy groups -OCH3 is 1. The number of urea groups is 1. The van der Waals surface area contributed by atoms with Gasteiger partial charge in [0.1, 0.15) is 12.1 Å². The number of nitrogens with one attached hydrogen (secondary N) is 4. The van der Waals surface area contributed by atoms with Crippen LogP contribution in [0.1, 0.15) is 92.6 Å². The number of ketones is 1. The molecule has 2 heterocycles. The standard InChI is InChI=1S/C36H53ClN6O7/c1-9-11-24(28(44)31(46)38-23-14-15-23)39-30(45)26-18-36(17-25(42-50-36)21-12-10-13-22(37)16-21)20-43(26)32(47)29(35(5,6)7)41-33(48)40-27(19-49-8)34(2,3)4/h10,12-13,16,23-24,26-27,29H,9,11,14-15,17-20H2,1-8H3,(H,38,46)(H,39,45)(H2,40,41,48)/t24-,26-,27+,29+,36+/m0/s1. The highest BCUT2D eigenvalue weighted by Crippen LogP contribution is 2.40. The lowest BCUT2D eigenvalue weighted by molar-refractivity contribution is -0.144. The number of amides is 5. The maximum Gasteiger partial charge on any atom is 0.315 e. The molecule has 5 amide bonds. The first kappa shape index (κ1) is 39.1. The van der Waals surface area contributed by atoms with Crippen LogP contribution in [0.3, 0.4) is 0 Å². The van der Waals surface area contributed by atoms with E-state index in [2.05, 4.69) is 26.4 Å². The summed E-state index contributed by atoms with van der Waals surface area (Å²) in [6, 6.07) is 3.05. The molecule has 50 heavy (non-hydrogen) atoms. The van der Waals surface area contributed by atoms with Crippen molar-refractivity contribution in [2.24, 2.45) is 16.0 Å². The maximum absolute atomic E-state index is 14.6. The first-order chi connectivity index (χ1) is 23.4. The van der Waals surface area contributed by atoms with Crippen LogP contribution in [0.15, 0.2) is 29.4 Å². The van der Waals surface area contributed by atoms with Gasteiger partial charge in [0.25, 0.3) is 5.91 Å². The Bertz CT molecular complexity index is 1480. The Kier molecular flexibility index (Phi) is 12.3. The number of oxime groups is 1. The number of carbonyl (C=O) groups excluding carboxylic acids is 5. The van der Waals surface area contributed by atoms with Crippen LogP contribution in [0.25, 0.3) is 0 Å². The lowest BCUT2D eigenvalue weighted by atomic mass is 9.85. The summed E-state index contributed by atoms with van der Waals surface area (Å²) in [7, 11) is 1.55. The Balaban J connectivity index is 1.61. The van der Waals surface area contributed by atoms with Crippen LogP contribution >= 0.6 is 11.6 Å². The molecule has 5 atom stereocenters. The Morgan fingerprint density at radius 3 is 2.34 bits per heavy atom. The van der Waals surface area contributed by atoms with Crippen LogP contribution in [-0.2, 0) is 28.8 Å². The molecule has 0 radical (unpaired) electrons. The Labute approximate surface area is 300 Å². The zero-order chi connectivity index (χ0) is 37.0. The molecule has 1 spiro atoms. The van der Waals surface area contributed by atoms with Gasteiger partial charge in [-0.15, -0.1) is 0 Å². The molecule has 4 N–H and O–H groups in total. The molecule has 0 unspecified atom stereocenters. The predicted molar refractivity (Wildman–Crippen MR) is 190 cm³/mol. The van der Waals surface area contributed by atoms with E-state index in [1.54, 1.807) is 25.3 Å². The topological polar surface area (TPSA) is 168 Å². The molecule has 1 saturated carbocycles. The van der Waals surface area contributed by atoms with Crippen molar-refractivity contribution >= 4 is 46.8 Å². The second-order valence-corrected chi connectivity index (χ2v) is 16.4. The first-order valence-electron chi connectivity index (χ1n) is 17.4. The average Bonchev–Trinajstić information content (AvgIpc) is 3.62. The molecular weight excluding hydrogens is 664 g/mol. The molecule has 276 valence electrons. The van der Waals surface area contributed by atoms with Crippen molar-refractivity contribution in [3.05, 3.63) is 34.9 Å². The average molecular weight is 717 g/mol. The van der Waals surface area contributed by atoms with E-state index in [0.29, 0.717) is 23.6 Å². The van der Waals surface area contributed by atoms with Crippen LogP contribution < -0.4 is 21.3 Å². The molecule has 4 rings (SSSR count). The zero-order valence-electron chi connectivity index (χ0n) is 30.5. The van der Waals surface area contributed by atoms with Crippen LogP contribution in [0.5, 0.6) is 0 Å². The summed E-state index contributed by atoms with van der Waals surface area (Å²) in [5.74, 6) is -2.54. The number of likely N-dealkylation sites (tertiary alicyclic amines) is 1. The maximum atomic E-state index is 14.6. The van der Waals surface area contributed by atoms with E-state index in [1.165, 1.54) is 4.90 Å². The third-order valence-corrected chi connectivity index (χ3v) is 9.64. The van der Waals surface area contributed by atoms with Crippen LogP contribution in [0, 0.1) is 10.8 Å². The minimum absolute atomic E-state index is 0.00376. The second-order valence-electron chi connectivity index (χ2n) is 15.9. The highest BCUT2D eigenvalue weighted by Gasteiger charge is 2.55. The van der Waals surface area contributed by atoms with Crippen molar-refractivity contribution in [2.75, 3.05) is 20.3 Å². The highest BCUT2D eigenvalue weighted by molar-refractivity contribution is 6.38. The molecule has 1 aromatic rings. The molecule has 0 bridgehead atoms. The minimum Gasteiger partial charge on any atom is -0.387 e. The lowest BCUT2D eigenvalue weighted by Crippen LogP contribution is -2.61. The van der Waals surface area contributed by atoms with Gasteiger partial charge in [0.15, 0.2) is 5.60 Å². The molecule has 13 nitrogen and oxygen atoms in total. The van der Waals surface area contributed by atoms with Gasteiger partial charge >= 0.3 is 6.03 Å². The van der Waals surface area contributed by atoms with E-state index in [1.807, 2.05) is 54.5 Å². The van der Waals surface area contributed by atoms with Gasteiger partial charge in [0.2, 0.25) is 17.6 Å². The van der Waals surface area contributed by atoms with E-state index in [-0.39, 0.29) is 43.5 Å². The van der Waals surface area contributed by atoms with Crippen LogP contribution in [0.4, 0.5) is 4.79 Å². The van der Waals surface area contributed by atoms with E-state index in [0.717, 1.165) is 18.4 Å². The van der Waals surface area contributed by atoms with Crippen LogP contribution in [0.2, 0.25) is 5.02 Å². The minimum atomic E-state index is -1.08. The molecule has 14 heteroatoms. The van der Waals surface area contributed by atoms with Crippen molar-refractivity contribution in [2.45, 2.75) is 123 Å². The molecule has 1 saturated heterocycles. The summed E-state index contributed by atoms with van der Waals surface area (Å²) in [5.41, 5.74) is -0.784. The number of rotatable bonds is 13. The van der Waals surface area contributed by atoms with Crippen LogP contribution in [-0.4, -0.2) is 96.2 Å². The SMILES string of the molecule is CCC[C@H](NC(=O)[C@@H]1C[C@]2(CC(c3cccc(Cl)c3)=NO2)CN1C(=O)[C@@H](NC(=O)N[C@H](COC)C(C)(C)C)C(C)(C)C)C(=O)C(=O)NC1CC1. The normalized spacial score (nSPS) is 22.2. The van der Waals surface area contributed by atoms with E-state index in [9.17, 15) is 24.0 Å². The van der Waals surface area contributed by atoms with Gasteiger partial charge in [-0.1, -0.05) is 83.8 Å². The predicted octanol–water partition coefficient (Wildman–Crippen LogP) is 3.71. The van der Waals surface area contributed by atoms with Crippen molar-refractivity contribution in [1.29, 1.82) is 0 Å². The monoisotopic (exact) mass is 716 g/mol. The number of ether oxygens (including phenoxy) is 1. The Morgan fingerprint density at radius 1 is 1.06 bits per heavy atom. The smallest absolute Gasteiger partial charge is 0.315 e. The summed E-state index contributed by atoms with van der Waals surface area (Å²) in [5, 5.41) is 16.2. The van der Waals surface area contributed by atoms with E-state index in [4.69, 9.17) is 21.2 Å². The third kappa shape index (κ3) is 9.74. The van der Waals surface area contributed by atoms with Crippen molar-refractivity contribution in [3.63, 3.8) is 0 Å². The fourth-order valence-electron chi connectivity index (χ4n) is 6.24. The molecule has 0 aromatic heterocycles. The van der Waals surface area contributed by atoms with Gasteiger partial charge in [0, 0.05) is 36.6 Å². The molecular formula is C36H53ClN6O7. The van der Waals surface area contributed by atoms with Gasteiger partial charge in [-0.2, -0.15) is 0 Å². The van der Waals surface area contributed by atoms with Crippen molar-refractivity contribution in [1.82, 2.24) is 26.2 Å². The molecule has 1 aliphatic carbocycles. The highest BCUT2D eigenvalue weighted by atomic mass is 35.5. The number of nitrogens with zero attached hydrogens (tertiary/aromatic N) is 2. The number of hydrogen-bond donors (Lipinski definition) is 4. The molecule has 3 aliphatic rings. The second kappa shape index (κ2) is 15.7. The van der Waals surface area contributed by atoms with E-state index >= 15 is 0 Å². The van der Waals surface area contributed by atoms with Gasteiger partial charge < -0.3 is 35.7 Å². The summed E-state index contributed by atoms with van der Waals surface area (Å²) >= 11 is 6.25. The zero-order valence-corrected chi connectivity index (χ0v) is 31.2. The lowest BCUT2D eigenvalue weighted by Gasteiger charge is -2.37. The number of benzene rings is 1. The summed E-state index contributed by atoms with van der Waals surface area (Å²) in [6.45, 7) is 13.5. The number of hydrogen-bond acceptors (Lipinski definition) is 8. The number of halogens is 1. The summed E-state index contributed by atoms with van der Waals surface area (Å²) in [4.78, 5) is 75.5. The van der Waals surface area contributed by atoms with E-state index < -0.39 is 58.7 Å². The number of Topliss-reactive ketones (excluding diaryl/α,β-unsaturated/α-hetero) is 1. The largest absolute Gasteiger partial charge is 0.387 e. The fraction of sp³-hybridized carbons (Fsp3) is 0.667. The fourth-order valence-corrected chi connectivity index (χ4v) is 6.43. The molecule has 2 aliphatic heterocycles. The van der Waals surface area contributed by atoms with Gasteiger partial charge in [-0.05, 0) is 42.2 Å². The number of carbonyl (C=O) groups is 5. The van der Waals surface area contributed by atoms with Gasteiger partial charge in [0.05, 0.1) is 30.9 Å². The van der Waals surface area contributed by atoms with Gasteiger partial charge in [-0.25, -0.2) is 4.79 Å². The van der Waals surface area contributed by atoms with Crippen molar-refractivity contribution in [3.8, 4) is 0 Å².